The average molecular weight is 223 g/mol. The van der Waals surface area contributed by atoms with Crippen molar-refractivity contribution >= 4 is 5.91 Å². The molecule has 0 radical (unpaired) electrons. The number of carbonyl (C=O) groups is 1. The van der Waals surface area contributed by atoms with Crippen molar-refractivity contribution in [2.45, 2.75) is 25.3 Å². The topological polar surface area (TPSA) is 71.8 Å². The van der Waals surface area contributed by atoms with E-state index in [1.54, 1.807) is 11.0 Å². The fraction of sp³-hybridized carbons (Fsp3) is 0.700. The number of carbonyl (C=O) groups excluding carboxylic acids is 1. The predicted octanol–water partition coefficient (Wildman–Crippen LogP) is -0.774. The lowest BCUT2D eigenvalue weighted by Crippen LogP contribution is -2.36. The molecule has 1 aromatic rings. The van der Waals surface area contributed by atoms with E-state index in [1.165, 1.54) is 0 Å². The van der Waals surface area contributed by atoms with Crippen LogP contribution in [0.25, 0.3) is 0 Å². The van der Waals surface area contributed by atoms with Gasteiger partial charge in [0.1, 0.15) is 6.33 Å². The first-order chi connectivity index (χ1) is 7.74. The number of nitrogens with zero attached hydrogens (tertiary/aromatic N) is 3. The van der Waals surface area contributed by atoms with Crippen LogP contribution in [-0.2, 0) is 18.3 Å². The van der Waals surface area contributed by atoms with E-state index in [1.807, 2.05) is 7.05 Å². The molecule has 0 aromatic carbocycles. The Morgan fingerprint density at radius 1 is 1.69 bits per heavy atom. The Labute approximate surface area is 94.4 Å². The van der Waals surface area contributed by atoms with Crippen LogP contribution in [-0.4, -0.2) is 39.8 Å². The summed E-state index contributed by atoms with van der Waals surface area (Å²) in [6, 6.07) is 0.296. The minimum Gasteiger partial charge on any atom is -0.352 e. The summed E-state index contributed by atoms with van der Waals surface area (Å²) in [4.78, 5) is 15.1. The molecule has 6 heteroatoms. The lowest BCUT2D eigenvalue weighted by atomic mass is 10.2. The SMILES string of the molecule is Cn1cnc(CCNCC2CCC(=O)N2)n1. The Balaban J connectivity index is 1.60. The van der Waals surface area contributed by atoms with Gasteiger partial charge in [0, 0.05) is 39.0 Å². The molecule has 88 valence electrons. The molecule has 2 N–H and O–H groups in total. The van der Waals surface area contributed by atoms with Gasteiger partial charge in [-0.15, -0.1) is 0 Å². The number of aryl methyl sites for hydroxylation is 1. The molecular formula is C10H17N5O. The molecule has 2 rings (SSSR count). The standard InChI is InChI=1S/C10H17N5O/c1-15-7-12-9(14-15)4-5-11-6-8-2-3-10(16)13-8/h7-8,11H,2-6H2,1H3,(H,13,16). The first-order valence-corrected chi connectivity index (χ1v) is 5.58. The summed E-state index contributed by atoms with van der Waals surface area (Å²) < 4.78 is 1.70. The van der Waals surface area contributed by atoms with Crippen LogP contribution in [0.5, 0.6) is 0 Å². The van der Waals surface area contributed by atoms with Gasteiger partial charge in [0.2, 0.25) is 5.91 Å². The Morgan fingerprint density at radius 3 is 3.19 bits per heavy atom. The summed E-state index contributed by atoms with van der Waals surface area (Å²) in [6.45, 7) is 1.68. The van der Waals surface area contributed by atoms with Crippen LogP contribution in [0, 0.1) is 0 Å². The predicted molar refractivity (Wildman–Crippen MR) is 58.7 cm³/mol. The first kappa shape index (κ1) is 11.1. The van der Waals surface area contributed by atoms with E-state index in [0.717, 1.165) is 31.8 Å². The number of hydrogen-bond acceptors (Lipinski definition) is 4. The summed E-state index contributed by atoms with van der Waals surface area (Å²) >= 11 is 0. The number of amides is 1. The fourth-order valence-corrected chi connectivity index (χ4v) is 1.81. The number of nitrogens with one attached hydrogen (secondary N) is 2. The Hall–Kier alpha value is -1.43. The van der Waals surface area contributed by atoms with E-state index in [2.05, 4.69) is 20.7 Å². The molecule has 0 aliphatic carbocycles. The van der Waals surface area contributed by atoms with E-state index in [4.69, 9.17) is 0 Å². The maximum absolute atomic E-state index is 10.9. The summed E-state index contributed by atoms with van der Waals surface area (Å²) in [7, 11) is 1.86. The summed E-state index contributed by atoms with van der Waals surface area (Å²) in [5.41, 5.74) is 0. The quantitative estimate of drug-likeness (QED) is 0.643. The zero-order chi connectivity index (χ0) is 11.4. The number of rotatable bonds is 5. The maximum atomic E-state index is 10.9. The van der Waals surface area contributed by atoms with E-state index in [0.29, 0.717) is 12.5 Å². The third-order valence-corrected chi connectivity index (χ3v) is 2.65. The second-order valence-corrected chi connectivity index (χ2v) is 4.09. The van der Waals surface area contributed by atoms with Gasteiger partial charge in [-0.3, -0.25) is 9.48 Å². The molecule has 0 saturated carbocycles. The first-order valence-electron chi connectivity index (χ1n) is 5.58. The van der Waals surface area contributed by atoms with Crippen molar-refractivity contribution < 1.29 is 4.79 Å². The summed E-state index contributed by atoms with van der Waals surface area (Å²) in [5, 5.41) is 10.4. The summed E-state index contributed by atoms with van der Waals surface area (Å²) in [5.74, 6) is 1.02. The van der Waals surface area contributed by atoms with Crippen molar-refractivity contribution in [2.24, 2.45) is 7.05 Å². The molecule has 1 fully saturated rings. The van der Waals surface area contributed by atoms with Gasteiger partial charge in [-0.25, -0.2) is 4.98 Å². The minimum absolute atomic E-state index is 0.165. The van der Waals surface area contributed by atoms with Crippen molar-refractivity contribution in [3.05, 3.63) is 12.2 Å². The smallest absolute Gasteiger partial charge is 0.220 e. The molecule has 1 aliphatic rings. The van der Waals surface area contributed by atoms with Gasteiger partial charge >= 0.3 is 0 Å². The van der Waals surface area contributed by atoms with Crippen LogP contribution < -0.4 is 10.6 Å². The molecule has 1 unspecified atom stereocenters. The van der Waals surface area contributed by atoms with Crippen molar-refractivity contribution in [1.29, 1.82) is 0 Å². The second-order valence-electron chi connectivity index (χ2n) is 4.09. The van der Waals surface area contributed by atoms with Gasteiger partial charge in [0.25, 0.3) is 0 Å². The third kappa shape index (κ3) is 3.03. The zero-order valence-electron chi connectivity index (χ0n) is 9.44. The van der Waals surface area contributed by atoms with Gasteiger partial charge < -0.3 is 10.6 Å². The van der Waals surface area contributed by atoms with Crippen molar-refractivity contribution in [3.63, 3.8) is 0 Å². The molecule has 1 saturated heterocycles. The fourth-order valence-electron chi connectivity index (χ4n) is 1.81. The van der Waals surface area contributed by atoms with Crippen LogP contribution in [0.2, 0.25) is 0 Å². The average Bonchev–Trinajstić information content (AvgIpc) is 2.83. The van der Waals surface area contributed by atoms with E-state index in [-0.39, 0.29) is 5.91 Å². The number of hydrogen-bond donors (Lipinski definition) is 2. The van der Waals surface area contributed by atoms with Gasteiger partial charge in [0.05, 0.1) is 0 Å². The van der Waals surface area contributed by atoms with Crippen molar-refractivity contribution in [3.8, 4) is 0 Å². The Morgan fingerprint density at radius 2 is 2.56 bits per heavy atom. The van der Waals surface area contributed by atoms with E-state index < -0.39 is 0 Å². The lowest BCUT2D eigenvalue weighted by molar-refractivity contribution is -0.119. The molecule has 6 nitrogen and oxygen atoms in total. The highest BCUT2D eigenvalue weighted by molar-refractivity contribution is 5.78. The van der Waals surface area contributed by atoms with Gasteiger partial charge in [0.15, 0.2) is 5.82 Å². The van der Waals surface area contributed by atoms with Crippen LogP contribution in [0.1, 0.15) is 18.7 Å². The highest BCUT2D eigenvalue weighted by Gasteiger charge is 2.19. The molecule has 16 heavy (non-hydrogen) atoms. The van der Waals surface area contributed by atoms with Crippen LogP contribution in [0.4, 0.5) is 0 Å². The van der Waals surface area contributed by atoms with Gasteiger partial charge in [-0.1, -0.05) is 0 Å². The molecule has 1 aromatic heterocycles. The lowest BCUT2D eigenvalue weighted by Gasteiger charge is -2.10. The second kappa shape index (κ2) is 5.07. The molecule has 1 amide bonds. The molecule has 1 atom stereocenters. The zero-order valence-corrected chi connectivity index (χ0v) is 9.44. The van der Waals surface area contributed by atoms with Gasteiger partial charge in [-0.2, -0.15) is 5.10 Å². The van der Waals surface area contributed by atoms with Gasteiger partial charge in [-0.05, 0) is 6.42 Å². The minimum atomic E-state index is 0.165. The van der Waals surface area contributed by atoms with E-state index in [9.17, 15) is 4.79 Å². The Bertz CT molecular complexity index is 362. The summed E-state index contributed by atoms with van der Waals surface area (Å²) in [6.07, 6.45) is 4.12. The molecule has 1 aliphatic heterocycles. The highest BCUT2D eigenvalue weighted by atomic mass is 16.1. The molecule has 0 bridgehead atoms. The van der Waals surface area contributed by atoms with Crippen molar-refractivity contribution in [1.82, 2.24) is 25.4 Å². The third-order valence-electron chi connectivity index (χ3n) is 2.65. The molecule has 2 heterocycles. The maximum Gasteiger partial charge on any atom is 0.220 e. The largest absolute Gasteiger partial charge is 0.352 e. The van der Waals surface area contributed by atoms with Crippen LogP contribution in [0.15, 0.2) is 6.33 Å². The van der Waals surface area contributed by atoms with Crippen LogP contribution >= 0.6 is 0 Å². The monoisotopic (exact) mass is 223 g/mol. The number of aromatic nitrogens is 3. The Kier molecular flexibility index (Phi) is 3.51. The van der Waals surface area contributed by atoms with Crippen molar-refractivity contribution in [2.75, 3.05) is 13.1 Å². The normalized spacial score (nSPS) is 20.1. The molecule has 0 spiro atoms. The highest BCUT2D eigenvalue weighted by Crippen LogP contribution is 2.04. The van der Waals surface area contributed by atoms with Crippen LogP contribution in [0.3, 0.4) is 0 Å². The molecular weight excluding hydrogens is 206 g/mol. The van der Waals surface area contributed by atoms with E-state index >= 15 is 0 Å².